The van der Waals surface area contributed by atoms with Gasteiger partial charge in [0.05, 0.1) is 12.0 Å². The van der Waals surface area contributed by atoms with Gasteiger partial charge >= 0.3 is 11.9 Å². The van der Waals surface area contributed by atoms with Crippen molar-refractivity contribution in [2.75, 3.05) is 6.61 Å². The van der Waals surface area contributed by atoms with Crippen molar-refractivity contribution in [3.8, 4) is 11.8 Å². The lowest BCUT2D eigenvalue weighted by Gasteiger charge is -2.11. The number of esters is 1. The number of nitrogens with zero attached hydrogens (tertiary/aromatic N) is 1. The molecule has 0 radical (unpaired) electrons. The van der Waals surface area contributed by atoms with Crippen molar-refractivity contribution in [3.63, 3.8) is 0 Å². The van der Waals surface area contributed by atoms with Gasteiger partial charge in [0.25, 0.3) is 6.43 Å². The Labute approximate surface area is 153 Å². The van der Waals surface area contributed by atoms with Crippen molar-refractivity contribution in [1.29, 1.82) is 0 Å². The van der Waals surface area contributed by atoms with Gasteiger partial charge in [0, 0.05) is 18.4 Å². The molecule has 1 N–H and O–H groups in total. The van der Waals surface area contributed by atoms with E-state index < -0.39 is 46.7 Å². The number of ether oxygens (including phenoxy) is 1. The maximum absolute atomic E-state index is 14.0. The number of hydrogen-bond acceptors (Lipinski definition) is 5. The lowest BCUT2D eigenvalue weighted by atomic mass is 9.92. The predicted molar refractivity (Wildman–Crippen MR) is 86.1 cm³/mol. The van der Waals surface area contributed by atoms with Crippen LogP contribution < -0.4 is 0 Å². The lowest BCUT2D eigenvalue weighted by molar-refractivity contribution is -0.145. The lowest BCUT2D eigenvalue weighted by Crippen LogP contribution is -2.21. The number of carbonyl (C=O) groups excluding carboxylic acids is 1. The second kappa shape index (κ2) is 7.47. The van der Waals surface area contributed by atoms with Crippen molar-refractivity contribution >= 4 is 11.9 Å². The summed E-state index contributed by atoms with van der Waals surface area (Å²) in [5.74, 6) is 0.0915. The number of carbonyl (C=O) groups is 2. The van der Waals surface area contributed by atoms with E-state index >= 15 is 0 Å². The first kappa shape index (κ1) is 20.6. The Balaban J connectivity index is 2.23. The molecule has 0 aliphatic heterocycles. The molecule has 146 valence electrons. The fourth-order valence-corrected chi connectivity index (χ4v) is 3.21. The second-order valence-corrected chi connectivity index (χ2v) is 6.60. The van der Waals surface area contributed by atoms with Crippen molar-refractivity contribution in [3.05, 3.63) is 29.4 Å². The Hall–Kier alpha value is -2.76. The maximum atomic E-state index is 14.0. The third-order valence-electron chi connectivity index (χ3n) is 4.87. The van der Waals surface area contributed by atoms with Gasteiger partial charge in [0.2, 0.25) is 11.6 Å². The van der Waals surface area contributed by atoms with E-state index in [9.17, 15) is 27.9 Å². The first-order valence-electron chi connectivity index (χ1n) is 8.09. The molecule has 27 heavy (non-hydrogen) atoms. The topological polar surface area (TPSA) is 89.6 Å². The van der Waals surface area contributed by atoms with Crippen LogP contribution in [-0.4, -0.2) is 28.8 Å². The molecule has 1 saturated carbocycles. The smallest absolute Gasteiger partial charge is 0.366 e. The number of allylic oxidation sites excluding steroid dienone is 1. The highest BCUT2D eigenvalue weighted by atomic mass is 19.3. The summed E-state index contributed by atoms with van der Waals surface area (Å²) in [4.78, 5) is 23.3. The molecule has 0 amide bonds. The summed E-state index contributed by atoms with van der Waals surface area (Å²) in [6, 6.07) is 0.959. The van der Waals surface area contributed by atoms with Crippen LogP contribution in [0.1, 0.15) is 45.1 Å². The van der Waals surface area contributed by atoms with Gasteiger partial charge in [-0.25, -0.2) is 13.6 Å². The van der Waals surface area contributed by atoms with E-state index in [4.69, 9.17) is 0 Å². The third kappa shape index (κ3) is 3.70. The normalized spacial score (nSPS) is 23.5. The van der Waals surface area contributed by atoms with Gasteiger partial charge in [0.1, 0.15) is 0 Å². The van der Waals surface area contributed by atoms with Crippen LogP contribution in [0.2, 0.25) is 0 Å². The molecule has 9 heteroatoms. The standard InChI is InChI=1S/C18H18F3NO5/c1-4-26-15(23)11(19)9-13-17(2,3)18(13,16(24)25)7-5-6-10-8-12(14(20)21)27-22-10/h8-9,13-14H,4,7H2,1-3H3,(H,24,25)/b11-9-/t13-,18-/m0/s1. The molecule has 0 saturated heterocycles. The van der Waals surface area contributed by atoms with Gasteiger partial charge in [-0.15, -0.1) is 0 Å². The molecule has 0 spiro atoms. The van der Waals surface area contributed by atoms with Gasteiger partial charge < -0.3 is 14.4 Å². The van der Waals surface area contributed by atoms with E-state index in [1.54, 1.807) is 13.8 Å². The number of aromatic nitrogens is 1. The van der Waals surface area contributed by atoms with Gasteiger partial charge in [0.15, 0.2) is 5.69 Å². The van der Waals surface area contributed by atoms with Crippen molar-refractivity contribution < 1.29 is 37.1 Å². The molecule has 0 bridgehead atoms. The highest BCUT2D eigenvalue weighted by Gasteiger charge is 2.74. The van der Waals surface area contributed by atoms with E-state index in [0.717, 1.165) is 12.1 Å². The predicted octanol–water partition coefficient (Wildman–Crippen LogP) is 3.50. The molecule has 1 aromatic heterocycles. The summed E-state index contributed by atoms with van der Waals surface area (Å²) in [7, 11) is 0. The van der Waals surface area contributed by atoms with E-state index in [2.05, 4.69) is 26.3 Å². The van der Waals surface area contributed by atoms with Gasteiger partial charge in [-0.2, -0.15) is 4.39 Å². The fraction of sp³-hybridized carbons (Fsp3) is 0.500. The summed E-state index contributed by atoms with van der Waals surface area (Å²) < 4.78 is 47.8. The zero-order chi connectivity index (χ0) is 20.4. The van der Waals surface area contributed by atoms with Crippen molar-refractivity contribution in [2.24, 2.45) is 16.7 Å². The highest BCUT2D eigenvalue weighted by molar-refractivity contribution is 5.87. The minimum atomic E-state index is -2.83. The van der Waals surface area contributed by atoms with E-state index in [1.807, 2.05) is 0 Å². The van der Waals surface area contributed by atoms with Crippen LogP contribution in [0.15, 0.2) is 22.5 Å². The number of aliphatic carboxylic acids is 1. The van der Waals surface area contributed by atoms with Crippen molar-refractivity contribution in [1.82, 2.24) is 5.16 Å². The average molecular weight is 385 g/mol. The van der Waals surface area contributed by atoms with Crippen LogP contribution in [0.5, 0.6) is 0 Å². The van der Waals surface area contributed by atoms with E-state index in [-0.39, 0.29) is 18.7 Å². The Morgan fingerprint density at radius 1 is 1.48 bits per heavy atom. The quantitative estimate of drug-likeness (QED) is 0.458. The van der Waals surface area contributed by atoms with Crippen LogP contribution in [0.3, 0.4) is 0 Å². The molecule has 1 aliphatic carbocycles. The first-order valence-corrected chi connectivity index (χ1v) is 8.09. The molecule has 1 fully saturated rings. The summed E-state index contributed by atoms with van der Waals surface area (Å²) >= 11 is 0. The molecular weight excluding hydrogens is 367 g/mol. The van der Waals surface area contributed by atoms with Gasteiger partial charge in [-0.05, 0) is 24.3 Å². The van der Waals surface area contributed by atoms with E-state index in [1.165, 1.54) is 6.92 Å². The molecule has 2 rings (SSSR count). The minimum Gasteiger partial charge on any atom is -0.481 e. The number of carboxylic acid groups (broad SMARTS) is 1. The second-order valence-electron chi connectivity index (χ2n) is 6.60. The number of carboxylic acids is 1. The van der Waals surface area contributed by atoms with Gasteiger partial charge in [-0.1, -0.05) is 24.9 Å². The molecule has 0 unspecified atom stereocenters. The Kier molecular flexibility index (Phi) is 5.68. The van der Waals surface area contributed by atoms with Crippen LogP contribution >= 0.6 is 0 Å². The number of hydrogen-bond donors (Lipinski definition) is 1. The molecule has 6 nitrogen and oxygen atoms in total. The number of rotatable bonds is 6. The summed E-state index contributed by atoms with van der Waals surface area (Å²) in [6.45, 7) is 4.75. The number of alkyl halides is 2. The highest BCUT2D eigenvalue weighted by Crippen LogP contribution is 2.71. The first-order chi connectivity index (χ1) is 12.6. The van der Waals surface area contributed by atoms with Crippen LogP contribution in [0.25, 0.3) is 0 Å². The molecule has 1 heterocycles. The number of halogens is 3. The summed E-state index contributed by atoms with van der Waals surface area (Å²) in [5.41, 5.74) is -2.37. The average Bonchev–Trinajstić information content (AvgIpc) is 2.91. The van der Waals surface area contributed by atoms with Crippen molar-refractivity contribution in [2.45, 2.75) is 33.6 Å². The SMILES string of the molecule is CCOC(=O)/C(F)=C/[C@H]1C(C)(C)[C@]1(CC#Cc1cc(C(F)F)on1)C(=O)O. The Morgan fingerprint density at radius 2 is 2.15 bits per heavy atom. The Bertz CT molecular complexity index is 834. The summed E-state index contributed by atoms with van der Waals surface area (Å²) in [6.07, 6.45) is -2.08. The minimum absolute atomic E-state index is 0.0119. The molecular formula is C18H18F3NO5. The Morgan fingerprint density at radius 3 is 2.67 bits per heavy atom. The monoisotopic (exact) mass is 385 g/mol. The van der Waals surface area contributed by atoms with Crippen LogP contribution in [0, 0.1) is 28.6 Å². The fourth-order valence-electron chi connectivity index (χ4n) is 3.21. The van der Waals surface area contributed by atoms with Gasteiger partial charge in [-0.3, -0.25) is 4.79 Å². The zero-order valence-electron chi connectivity index (χ0n) is 14.9. The van der Waals surface area contributed by atoms with Crippen LogP contribution in [-0.2, 0) is 14.3 Å². The van der Waals surface area contributed by atoms with E-state index in [0.29, 0.717) is 0 Å². The largest absolute Gasteiger partial charge is 0.481 e. The maximum Gasteiger partial charge on any atom is 0.366 e. The molecule has 0 aromatic carbocycles. The molecule has 2 atom stereocenters. The van der Waals surface area contributed by atoms with Crippen LogP contribution in [0.4, 0.5) is 13.2 Å². The molecule has 1 aromatic rings. The summed E-state index contributed by atoms with van der Waals surface area (Å²) in [5, 5.41) is 13.0. The third-order valence-corrected chi connectivity index (χ3v) is 4.87. The molecule has 1 aliphatic rings. The zero-order valence-corrected chi connectivity index (χ0v) is 14.9.